The van der Waals surface area contributed by atoms with Gasteiger partial charge in [0, 0.05) is 24.2 Å². The van der Waals surface area contributed by atoms with E-state index in [1.54, 1.807) is 0 Å². The summed E-state index contributed by atoms with van der Waals surface area (Å²) in [6, 6.07) is 0.328. The lowest BCUT2D eigenvalue weighted by Gasteiger charge is -2.37. The number of hydrogen-bond acceptors (Lipinski definition) is 5. The minimum Gasteiger partial charge on any atom is -0.466 e. The van der Waals surface area contributed by atoms with Gasteiger partial charge in [0.1, 0.15) is 0 Å². The number of carbonyl (C=O) groups excluding carboxylic acids is 2. The number of nitrogens with one attached hydrogen (secondary N) is 1. The highest BCUT2D eigenvalue weighted by atomic mass is 16.5. The molecule has 28 heavy (non-hydrogen) atoms. The van der Waals surface area contributed by atoms with E-state index in [0.29, 0.717) is 19.1 Å². The fourth-order valence-electron chi connectivity index (χ4n) is 5.15. The summed E-state index contributed by atoms with van der Waals surface area (Å²) >= 11 is 0. The fourth-order valence-corrected chi connectivity index (χ4v) is 5.15. The van der Waals surface area contributed by atoms with Crippen LogP contribution in [0.3, 0.4) is 0 Å². The van der Waals surface area contributed by atoms with Crippen molar-refractivity contribution in [3.63, 3.8) is 0 Å². The lowest BCUT2D eigenvalue weighted by atomic mass is 9.90. The highest BCUT2D eigenvalue weighted by molar-refractivity contribution is 5.81. The van der Waals surface area contributed by atoms with Crippen molar-refractivity contribution in [2.75, 3.05) is 6.61 Å². The second kappa shape index (κ2) is 10.3. The zero-order valence-electron chi connectivity index (χ0n) is 17.4. The molecule has 6 nitrogen and oxygen atoms in total. The summed E-state index contributed by atoms with van der Waals surface area (Å²) in [5.41, 5.74) is 2.39. The molecule has 6 heteroatoms. The Bertz CT molecular complexity index is 584. The Labute approximate surface area is 169 Å². The molecule has 2 saturated carbocycles. The molecule has 3 aliphatic rings. The molecule has 0 aromatic carbocycles. The van der Waals surface area contributed by atoms with E-state index in [-0.39, 0.29) is 23.8 Å². The SMILES string of the molecule is CCOC(=O)C1CCCC1NC(=O)CC1=C(N(N)C2CCCCC2)CCCC1. The Morgan fingerprint density at radius 3 is 2.54 bits per heavy atom. The maximum atomic E-state index is 12.8. The summed E-state index contributed by atoms with van der Waals surface area (Å²) in [5, 5.41) is 5.12. The van der Waals surface area contributed by atoms with Gasteiger partial charge in [-0.05, 0) is 63.9 Å². The maximum Gasteiger partial charge on any atom is 0.311 e. The molecule has 0 spiro atoms. The Kier molecular flexibility index (Phi) is 7.77. The molecule has 0 aliphatic heterocycles. The van der Waals surface area contributed by atoms with Crippen molar-refractivity contribution in [2.45, 2.75) is 102 Å². The number of nitrogens with two attached hydrogens (primary N) is 1. The Morgan fingerprint density at radius 1 is 1.04 bits per heavy atom. The van der Waals surface area contributed by atoms with Gasteiger partial charge in [0.15, 0.2) is 0 Å². The Morgan fingerprint density at radius 2 is 1.79 bits per heavy atom. The number of esters is 1. The Hall–Kier alpha value is -1.56. The van der Waals surface area contributed by atoms with Crippen molar-refractivity contribution in [1.82, 2.24) is 10.3 Å². The van der Waals surface area contributed by atoms with Crippen LogP contribution in [0, 0.1) is 5.92 Å². The monoisotopic (exact) mass is 391 g/mol. The van der Waals surface area contributed by atoms with E-state index in [4.69, 9.17) is 10.6 Å². The number of allylic oxidation sites excluding steroid dienone is 1. The minimum atomic E-state index is -0.197. The first-order chi connectivity index (χ1) is 13.6. The number of hydrazine groups is 1. The number of rotatable bonds is 7. The zero-order chi connectivity index (χ0) is 19.9. The van der Waals surface area contributed by atoms with Crippen molar-refractivity contribution < 1.29 is 14.3 Å². The highest BCUT2D eigenvalue weighted by Gasteiger charge is 2.35. The number of carbonyl (C=O) groups is 2. The molecular weight excluding hydrogens is 354 g/mol. The van der Waals surface area contributed by atoms with Crippen LogP contribution < -0.4 is 11.2 Å². The molecule has 0 saturated heterocycles. The van der Waals surface area contributed by atoms with Gasteiger partial charge < -0.3 is 15.1 Å². The average molecular weight is 392 g/mol. The second-order valence-corrected chi connectivity index (χ2v) is 8.60. The normalized spacial score (nSPS) is 26.2. The minimum absolute atomic E-state index is 0.0210. The summed E-state index contributed by atoms with van der Waals surface area (Å²) in [5.74, 6) is 6.18. The number of hydrogen-bond donors (Lipinski definition) is 2. The molecule has 2 atom stereocenters. The molecular formula is C22H37N3O3. The fraction of sp³-hybridized carbons (Fsp3) is 0.818. The number of nitrogens with zero attached hydrogens (tertiary/aromatic N) is 1. The van der Waals surface area contributed by atoms with Crippen LogP contribution in [0.1, 0.15) is 90.4 Å². The van der Waals surface area contributed by atoms with Crippen LogP contribution >= 0.6 is 0 Å². The van der Waals surface area contributed by atoms with E-state index in [2.05, 4.69) is 5.32 Å². The van der Waals surface area contributed by atoms with Gasteiger partial charge in [0.05, 0.1) is 12.5 Å². The van der Waals surface area contributed by atoms with Gasteiger partial charge in [0.25, 0.3) is 0 Å². The van der Waals surface area contributed by atoms with Crippen LogP contribution in [-0.2, 0) is 14.3 Å². The van der Waals surface area contributed by atoms with Crippen molar-refractivity contribution in [1.29, 1.82) is 0 Å². The molecule has 0 heterocycles. The lowest BCUT2D eigenvalue weighted by molar-refractivity contribution is -0.148. The van der Waals surface area contributed by atoms with Crippen LogP contribution in [-0.4, -0.2) is 35.6 Å². The first kappa shape index (κ1) is 21.2. The largest absolute Gasteiger partial charge is 0.466 e. The molecule has 2 fully saturated rings. The summed E-state index contributed by atoms with van der Waals surface area (Å²) in [4.78, 5) is 24.9. The predicted molar refractivity (Wildman–Crippen MR) is 109 cm³/mol. The molecule has 158 valence electrons. The predicted octanol–water partition coefficient (Wildman–Crippen LogP) is 3.56. The highest BCUT2D eigenvalue weighted by Crippen LogP contribution is 2.33. The molecule has 1 amide bonds. The molecule has 3 N–H and O–H groups in total. The molecule has 3 rings (SSSR count). The third kappa shape index (κ3) is 5.28. The standard InChI is InChI=1S/C22H37N3O3/c1-2-28-22(27)18-12-8-13-19(18)24-21(26)15-16-9-6-7-14-20(16)25(23)17-10-4-3-5-11-17/h17-19H,2-15,23H2,1H3,(H,24,26). The van der Waals surface area contributed by atoms with Crippen LogP contribution in [0.15, 0.2) is 11.3 Å². The van der Waals surface area contributed by atoms with Gasteiger partial charge in [-0.2, -0.15) is 0 Å². The van der Waals surface area contributed by atoms with Gasteiger partial charge >= 0.3 is 5.97 Å². The third-order valence-corrected chi connectivity index (χ3v) is 6.66. The second-order valence-electron chi connectivity index (χ2n) is 8.60. The zero-order valence-corrected chi connectivity index (χ0v) is 17.4. The number of amides is 1. The van der Waals surface area contributed by atoms with Crippen molar-refractivity contribution in [3.05, 3.63) is 11.3 Å². The van der Waals surface area contributed by atoms with Crippen LogP contribution in [0.25, 0.3) is 0 Å². The van der Waals surface area contributed by atoms with Gasteiger partial charge in [0.2, 0.25) is 5.91 Å². The van der Waals surface area contributed by atoms with Crippen molar-refractivity contribution >= 4 is 11.9 Å². The van der Waals surface area contributed by atoms with E-state index in [1.165, 1.54) is 30.5 Å². The summed E-state index contributed by atoms with van der Waals surface area (Å²) in [6.45, 7) is 2.21. The van der Waals surface area contributed by atoms with E-state index >= 15 is 0 Å². The Balaban J connectivity index is 1.61. The van der Waals surface area contributed by atoms with E-state index < -0.39 is 0 Å². The molecule has 2 unspecified atom stereocenters. The average Bonchev–Trinajstić information content (AvgIpc) is 3.17. The van der Waals surface area contributed by atoms with Crippen molar-refractivity contribution in [2.24, 2.45) is 11.8 Å². The van der Waals surface area contributed by atoms with Gasteiger partial charge in [-0.3, -0.25) is 9.59 Å². The van der Waals surface area contributed by atoms with Crippen LogP contribution in [0.4, 0.5) is 0 Å². The number of ether oxygens (including phenoxy) is 1. The quantitative estimate of drug-likeness (QED) is 0.394. The lowest BCUT2D eigenvalue weighted by Crippen LogP contribution is -2.43. The summed E-state index contributed by atoms with van der Waals surface area (Å²) in [6.07, 6.45) is 13.3. The first-order valence-electron chi connectivity index (χ1n) is 11.3. The third-order valence-electron chi connectivity index (χ3n) is 6.66. The van der Waals surface area contributed by atoms with Crippen LogP contribution in [0.2, 0.25) is 0 Å². The smallest absolute Gasteiger partial charge is 0.311 e. The molecule has 0 bridgehead atoms. The first-order valence-corrected chi connectivity index (χ1v) is 11.3. The topological polar surface area (TPSA) is 84.7 Å². The molecule has 0 aromatic heterocycles. The summed E-state index contributed by atoms with van der Waals surface area (Å²) in [7, 11) is 0. The molecule has 0 radical (unpaired) electrons. The molecule has 3 aliphatic carbocycles. The van der Waals surface area contributed by atoms with Gasteiger partial charge in [-0.15, -0.1) is 0 Å². The molecule has 0 aromatic rings. The summed E-state index contributed by atoms with van der Waals surface area (Å²) < 4.78 is 5.18. The van der Waals surface area contributed by atoms with E-state index in [0.717, 1.165) is 57.8 Å². The van der Waals surface area contributed by atoms with Crippen molar-refractivity contribution in [3.8, 4) is 0 Å². The van der Waals surface area contributed by atoms with Crippen LogP contribution in [0.5, 0.6) is 0 Å². The maximum absolute atomic E-state index is 12.8. The van der Waals surface area contributed by atoms with Gasteiger partial charge in [-0.25, -0.2) is 5.84 Å². The van der Waals surface area contributed by atoms with Gasteiger partial charge in [-0.1, -0.05) is 25.7 Å². The van der Waals surface area contributed by atoms with E-state index in [9.17, 15) is 9.59 Å². The van der Waals surface area contributed by atoms with E-state index in [1.807, 2.05) is 11.9 Å².